The summed E-state index contributed by atoms with van der Waals surface area (Å²) in [5.41, 5.74) is 8.70. The van der Waals surface area contributed by atoms with Crippen molar-refractivity contribution >= 4 is 34.5 Å². The van der Waals surface area contributed by atoms with Crippen molar-refractivity contribution in [3.63, 3.8) is 0 Å². The van der Waals surface area contributed by atoms with E-state index in [2.05, 4.69) is 31.4 Å². The first-order valence-corrected chi connectivity index (χ1v) is 13.1. The van der Waals surface area contributed by atoms with Crippen LogP contribution >= 0.6 is 0 Å². The second-order valence-corrected chi connectivity index (χ2v) is 9.96. The number of pyridine rings is 1. The third-order valence-electron chi connectivity index (χ3n) is 6.89. The number of benzene rings is 2. The van der Waals surface area contributed by atoms with Gasteiger partial charge in [-0.3, -0.25) is 10.2 Å². The third kappa shape index (κ3) is 6.50. The summed E-state index contributed by atoms with van der Waals surface area (Å²) < 4.78 is 47.4. The monoisotopic (exact) mass is 555 g/mol. The third-order valence-corrected chi connectivity index (χ3v) is 6.89. The summed E-state index contributed by atoms with van der Waals surface area (Å²) in [5.74, 6) is 1.32. The Morgan fingerprint density at radius 2 is 1.85 bits per heavy atom. The second-order valence-electron chi connectivity index (χ2n) is 9.96. The second kappa shape index (κ2) is 11.5. The fraction of sp³-hybridized carbons (Fsp3) is 0.357. The number of halogens is 3. The molecule has 12 heteroatoms. The Hall–Kier alpha value is -4.19. The van der Waals surface area contributed by atoms with Crippen LogP contribution in [0, 0.1) is 0 Å². The normalized spacial score (nSPS) is 15.6. The van der Waals surface area contributed by atoms with Gasteiger partial charge in [-0.1, -0.05) is 0 Å². The van der Waals surface area contributed by atoms with Crippen LogP contribution in [0.15, 0.2) is 48.7 Å². The number of anilines is 5. The van der Waals surface area contributed by atoms with E-state index in [1.807, 2.05) is 24.1 Å². The lowest BCUT2D eigenvalue weighted by Gasteiger charge is -2.34. The quantitative estimate of drug-likeness (QED) is 0.288. The largest absolute Gasteiger partial charge is 0.457 e. The van der Waals surface area contributed by atoms with Gasteiger partial charge in [0.1, 0.15) is 17.3 Å². The lowest BCUT2D eigenvalue weighted by atomic mass is 10.0. The predicted molar refractivity (Wildman–Crippen MR) is 150 cm³/mol. The van der Waals surface area contributed by atoms with Crippen LogP contribution in [0.3, 0.4) is 0 Å². The molecule has 40 heavy (non-hydrogen) atoms. The fourth-order valence-corrected chi connectivity index (χ4v) is 4.84. The molecule has 1 saturated heterocycles. The van der Waals surface area contributed by atoms with Gasteiger partial charge in [-0.15, -0.1) is 0 Å². The van der Waals surface area contributed by atoms with Crippen LogP contribution in [0.5, 0.6) is 11.5 Å². The van der Waals surface area contributed by atoms with Gasteiger partial charge in [0.05, 0.1) is 22.6 Å². The zero-order valence-corrected chi connectivity index (χ0v) is 22.4. The number of fused-ring (bicyclic) bond motifs is 1. The molecule has 3 aromatic rings. The molecule has 4 N–H and O–H groups in total. The molecule has 0 radical (unpaired) electrons. The van der Waals surface area contributed by atoms with Gasteiger partial charge in [0, 0.05) is 63.2 Å². The number of piperazine rings is 1. The van der Waals surface area contributed by atoms with E-state index < -0.39 is 11.7 Å². The van der Waals surface area contributed by atoms with Gasteiger partial charge < -0.3 is 30.6 Å². The molecule has 9 nitrogen and oxygen atoms in total. The number of nitrogens with zero attached hydrogens (tertiary/aromatic N) is 3. The van der Waals surface area contributed by atoms with Gasteiger partial charge in [-0.05, 0) is 56.3 Å². The Balaban J connectivity index is 1.37. The van der Waals surface area contributed by atoms with Crippen LogP contribution < -0.4 is 31.1 Å². The molecular formula is C28H32F3N7O2. The Bertz CT molecular complexity index is 1370. The SMILES string of the molecule is CC(=O)Nc1cc(Oc2ccc(NNc3cc(N4CCN(C)CC4)cc(C(F)(F)F)c3)c3c2CCCN3)ccn1. The van der Waals surface area contributed by atoms with Crippen molar-refractivity contribution in [3.05, 3.63) is 59.8 Å². The summed E-state index contributed by atoms with van der Waals surface area (Å²) in [5, 5.41) is 6.03. The molecule has 2 aliphatic heterocycles. The van der Waals surface area contributed by atoms with E-state index in [0.717, 1.165) is 49.8 Å². The number of carbonyl (C=O) groups excluding carboxylic acids is 1. The average Bonchev–Trinajstić information content (AvgIpc) is 2.92. The number of likely N-dealkylation sites (N-methyl/N-ethyl adjacent to an activating group) is 1. The van der Waals surface area contributed by atoms with Crippen molar-refractivity contribution in [2.24, 2.45) is 0 Å². The molecule has 3 heterocycles. The van der Waals surface area contributed by atoms with Gasteiger partial charge in [0.25, 0.3) is 0 Å². The topological polar surface area (TPSA) is 93.8 Å². The van der Waals surface area contributed by atoms with Crippen molar-refractivity contribution in [2.45, 2.75) is 25.9 Å². The van der Waals surface area contributed by atoms with E-state index >= 15 is 0 Å². The van der Waals surface area contributed by atoms with Crippen molar-refractivity contribution < 1.29 is 22.7 Å². The van der Waals surface area contributed by atoms with Gasteiger partial charge in [0.2, 0.25) is 5.91 Å². The molecule has 0 spiro atoms. The highest BCUT2D eigenvalue weighted by molar-refractivity contribution is 5.87. The smallest absolute Gasteiger partial charge is 0.416 e. The summed E-state index contributed by atoms with van der Waals surface area (Å²) >= 11 is 0. The molecule has 1 amide bonds. The maximum Gasteiger partial charge on any atom is 0.416 e. The molecule has 0 bridgehead atoms. The number of hydrogen-bond donors (Lipinski definition) is 4. The Labute approximate surface area is 230 Å². The molecule has 1 aromatic heterocycles. The number of nitrogens with one attached hydrogen (secondary N) is 4. The lowest BCUT2D eigenvalue weighted by molar-refractivity contribution is -0.137. The number of rotatable bonds is 7. The summed E-state index contributed by atoms with van der Waals surface area (Å²) in [7, 11) is 2.01. The fourth-order valence-electron chi connectivity index (χ4n) is 4.84. The molecular weight excluding hydrogens is 523 g/mol. The highest BCUT2D eigenvalue weighted by Crippen LogP contribution is 2.40. The first-order chi connectivity index (χ1) is 19.2. The van der Waals surface area contributed by atoms with Crippen molar-refractivity contribution in [1.82, 2.24) is 9.88 Å². The molecule has 1 fully saturated rings. The van der Waals surface area contributed by atoms with Crippen molar-refractivity contribution in [3.8, 4) is 11.5 Å². The highest BCUT2D eigenvalue weighted by atomic mass is 19.4. The minimum Gasteiger partial charge on any atom is -0.457 e. The number of alkyl halides is 3. The molecule has 0 saturated carbocycles. The maximum atomic E-state index is 13.8. The Morgan fingerprint density at radius 1 is 1.05 bits per heavy atom. The lowest BCUT2D eigenvalue weighted by Crippen LogP contribution is -2.44. The molecule has 2 aliphatic rings. The first-order valence-electron chi connectivity index (χ1n) is 13.1. The summed E-state index contributed by atoms with van der Waals surface area (Å²) in [6, 6.07) is 11.0. The van der Waals surface area contributed by atoms with Gasteiger partial charge in [-0.2, -0.15) is 13.2 Å². The summed E-state index contributed by atoms with van der Waals surface area (Å²) in [6.07, 6.45) is -1.26. The highest BCUT2D eigenvalue weighted by Gasteiger charge is 2.32. The summed E-state index contributed by atoms with van der Waals surface area (Å²) in [4.78, 5) is 19.6. The molecule has 0 unspecified atom stereocenters. The van der Waals surface area contributed by atoms with Gasteiger partial charge in [-0.25, -0.2) is 4.98 Å². The number of amides is 1. The van der Waals surface area contributed by atoms with E-state index in [-0.39, 0.29) is 5.91 Å². The number of hydrazine groups is 1. The minimum absolute atomic E-state index is 0.231. The van der Waals surface area contributed by atoms with Crippen LogP contribution in [0.2, 0.25) is 0 Å². The van der Waals surface area contributed by atoms with E-state index in [1.165, 1.54) is 13.0 Å². The van der Waals surface area contributed by atoms with E-state index in [4.69, 9.17) is 4.74 Å². The van der Waals surface area contributed by atoms with Crippen LogP contribution in [0.4, 0.5) is 41.7 Å². The van der Waals surface area contributed by atoms with Crippen LogP contribution in [-0.2, 0) is 17.4 Å². The summed E-state index contributed by atoms with van der Waals surface area (Å²) in [6.45, 7) is 5.06. The predicted octanol–water partition coefficient (Wildman–Crippen LogP) is 5.40. The number of hydrogen-bond acceptors (Lipinski definition) is 8. The zero-order valence-electron chi connectivity index (χ0n) is 22.4. The Kier molecular flexibility index (Phi) is 7.88. The standard InChI is InChI=1S/C28H32F3N7O2/c1-18(39)34-26-17-22(7-9-32-26)40-25-6-5-24(27-23(25)4-3-8-33-27)36-35-20-14-19(28(29,30)31)15-21(16-20)38-12-10-37(2)11-13-38/h5-7,9,14-17,33,35-36H,3-4,8,10-13H2,1-2H3,(H,32,34,39). The van der Waals surface area contributed by atoms with Gasteiger partial charge >= 0.3 is 6.18 Å². The van der Waals surface area contributed by atoms with Crippen molar-refractivity contribution in [2.75, 3.05) is 66.2 Å². The zero-order chi connectivity index (χ0) is 28.3. The number of aromatic nitrogens is 1. The Morgan fingerprint density at radius 3 is 2.60 bits per heavy atom. The number of ether oxygens (including phenoxy) is 1. The number of carbonyl (C=O) groups is 1. The van der Waals surface area contributed by atoms with Crippen LogP contribution in [0.1, 0.15) is 24.5 Å². The van der Waals surface area contributed by atoms with E-state index in [9.17, 15) is 18.0 Å². The minimum atomic E-state index is -4.47. The van der Waals surface area contributed by atoms with Gasteiger partial charge in [0.15, 0.2) is 0 Å². The molecule has 212 valence electrons. The average molecular weight is 556 g/mol. The van der Waals surface area contributed by atoms with E-state index in [0.29, 0.717) is 47.5 Å². The molecule has 0 aliphatic carbocycles. The van der Waals surface area contributed by atoms with E-state index in [1.54, 1.807) is 24.4 Å². The molecule has 2 aromatic carbocycles. The molecule has 5 rings (SSSR count). The first kappa shape index (κ1) is 27.4. The van der Waals surface area contributed by atoms with Crippen molar-refractivity contribution in [1.29, 1.82) is 0 Å². The van der Waals surface area contributed by atoms with Crippen LogP contribution in [-0.4, -0.2) is 55.6 Å². The molecule has 0 atom stereocenters. The van der Waals surface area contributed by atoms with Crippen LogP contribution in [0.25, 0.3) is 0 Å². The maximum absolute atomic E-state index is 13.8.